The van der Waals surface area contributed by atoms with Gasteiger partial charge >= 0.3 is 5.97 Å². The fraction of sp³-hybridized carbons (Fsp3) is 0.318. The van der Waals surface area contributed by atoms with E-state index in [4.69, 9.17) is 0 Å². The van der Waals surface area contributed by atoms with E-state index in [0.29, 0.717) is 11.3 Å². The highest BCUT2D eigenvalue weighted by Crippen LogP contribution is 2.32. The molecular formula is C22H26N2O4. The Kier molecular flexibility index (Phi) is 6.57. The first-order valence-electron chi connectivity index (χ1n) is 8.99. The molecule has 2 aromatic rings. The molecule has 0 spiro atoms. The van der Waals surface area contributed by atoms with Crippen LogP contribution in [0.5, 0.6) is 0 Å². The Bertz CT molecular complexity index is 867. The first kappa shape index (κ1) is 21.2. The van der Waals surface area contributed by atoms with E-state index in [2.05, 4.69) is 30.8 Å². The molecule has 6 heteroatoms. The van der Waals surface area contributed by atoms with Crippen molar-refractivity contribution >= 4 is 29.2 Å². The van der Waals surface area contributed by atoms with Crippen LogP contribution in [-0.4, -0.2) is 31.4 Å². The second-order valence-electron chi connectivity index (χ2n) is 7.49. The molecule has 6 nitrogen and oxygen atoms in total. The molecule has 0 aliphatic heterocycles. The Hall–Kier alpha value is -3.15. The molecule has 0 bridgehead atoms. The quantitative estimate of drug-likeness (QED) is 0.799. The third kappa shape index (κ3) is 5.19. The highest BCUT2D eigenvalue weighted by molar-refractivity contribution is 6.02. The van der Waals surface area contributed by atoms with Gasteiger partial charge in [-0.1, -0.05) is 39.0 Å². The number of rotatable bonds is 5. The molecule has 0 heterocycles. The number of amides is 2. The van der Waals surface area contributed by atoms with Gasteiger partial charge in [-0.2, -0.15) is 0 Å². The van der Waals surface area contributed by atoms with Crippen molar-refractivity contribution in [3.8, 4) is 0 Å². The van der Waals surface area contributed by atoms with Gasteiger partial charge in [0, 0.05) is 18.3 Å². The van der Waals surface area contributed by atoms with Crippen LogP contribution in [0.15, 0.2) is 48.5 Å². The molecule has 0 saturated carbocycles. The SMILES string of the molecule is COC(=O)c1ccc(NC(=O)CN(C(C)=O)c2ccccc2C(C)(C)C)cc1. The van der Waals surface area contributed by atoms with E-state index in [0.717, 1.165) is 11.3 Å². The van der Waals surface area contributed by atoms with E-state index in [-0.39, 0.29) is 23.8 Å². The van der Waals surface area contributed by atoms with Crippen molar-refractivity contribution in [1.29, 1.82) is 0 Å². The minimum absolute atomic E-state index is 0.110. The summed E-state index contributed by atoms with van der Waals surface area (Å²) in [5, 5.41) is 2.75. The van der Waals surface area contributed by atoms with Crippen LogP contribution < -0.4 is 10.2 Å². The molecule has 148 valence electrons. The van der Waals surface area contributed by atoms with Gasteiger partial charge in [0.15, 0.2) is 0 Å². The second kappa shape index (κ2) is 8.69. The van der Waals surface area contributed by atoms with E-state index < -0.39 is 5.97 Å². The normalized spacial score (nSPS) is 10.9. The van der Waals surface area contributed by atoms with Gasteiger partial charge in [0.1, 0.15) is 6.54 Å². The molecule has 1 N–H and O–H groups in total. The van der Waals surface area contributed by atoms with Gasteiger partial charge in [0.2, 0.25) is 11.8 Å². The van der Waals surface area contributed by atoms with Gasteiger partial charge in [-0.15, -0.1) is 0 Å². The molecule has 0 aliphatic carbocycles. The summed E-state index contributed by atoms with van der Waals surface area (Å²) < 4.78 is 4.65. The lowest BCUT2D eigenvalue weighted by Gasteiger charge is -2.29. The fourth-order valence-corrected chi connectivity index (χ4v) is 2.86. The number of esters is 1. The molecule has 0 aromatic heterocycles. The third-order valence-electron chi connectivity index (χ3n) is 4.27. The molecule has 0 saturated heterocycles. The van der Waals surface area contributed by atoms with Crippen LogP contribution in [0.2, 0.25) is 0 Å². The minimum Gasteiger partial charge on any atom is -0.465 e. The minimum atomic E-state index is -0.445. The number of carbonyl (C=O) groups excluding carboxylic acids is 3. The monoisotopic (exact) mass is 382 g/mol. The molecule has 0 aliphatic rings. The average molecular weight is 382 g/mol. The predicted molar refractivity (Wildman–Crippen MR) is 110 cm³/mol. The Morgan fingerprint density at radius 2 is 1.61 bits per heavy atom. The van der Waals surface area contributed by atoms with Crippen molar-refractivity contribution in [2.75, 3.05) is 23.9 Å². The number of carbonyl (C=O) groups is 3. The summed E-state index contributed by atoms with van der Waals surface area (Å²) in [6.07, 6.45) is 0. The highest BCUT2D eigenvalue weighted by Gasteiger charge is 2.24. The summed E-state index contributed by atoms with van der Waals surface area (Å²) in [6, 6.07) is 14.0. The van der Waals surface area contributed by atoms with Crippen LogP contribution >= 0.6 is 0 Å². The Morgan fingerprint density at radius 3 is 2.14 bits per heavy atom. The lowest BCUT2D eigenvalue weighted by Crippen LogP contribution is -2.38. The number of nitrogens with one attached hydrogen (secondary N) is 1. The highest BCUT2D eigenvalue weighted by atomic mass is 16.5. The van der Waals surface area contributed by atoms with Crippen LogP contribution in [0.4, 0.5) is 11.4 Å². The second-order valence-corrected chi connectivity index (χ2v) is 7.49. The van der Waals surface area contributed by atoms with Crippen LogP contribution in [0.3, 0.4) is 0 Å². The van der Waals surface area contributed by atoms with E-state index in [1.54, 1.807) is 24.3 Å². The van der Waals surface area contributed by atoms with Crippen LogP contribution in [0.25, 0.3) is 0 Å². The van der Waals surface area contributed by atoms with E-state index in [9.17, 15) is 14.4 Å². The molecule has 2 aromatic carbocycles. The van der Waals surface area contributed by atoms with Crippen LogP contribution in [0.1, 0.15) is 43.6 Å². The maximum Gasteiger partial charge on any atom is 0.337 e. The smallest absolute Gasteiger partial charge is 0.337 e. The number of methoxy groups -OCH3 is 1. The van der Waals surface area contributed by atoms with Crippen LogP contribution in [-0.2, 0) is 19.7 Å². The van der Waals surface area contributed by atoms with Gasteiger partial charge in [0.05, 0.1) is 12.7 Å². The van der Waals surface area contributed by atoms with Crippen molar-refractivity contribution in [3.63, 3.8) is 0 Å². The van der Waals surface area contributed by atoms with Gasteiger partial charge in [-0.3, -0.25) is 9.59 Å². The molecule has 0 unspecified atom stereocenters. The van der Waals surface area contributed by atoms with Crippen molar-refractivity contribution in [1.82, 2.24) is 0 Å². The summed E-state index contributed by atoms with van der Waals surface area (Å²) in [6.45, 7) is 7.52. The zero-order valence-corrected chi connectivity index (χ0v) is 16.9. The molecule has 0 radical (unpaired) electrons. The maximum atomic E-state index is 12.5. The Morgan fingerprint density at radius 1 is 1.00 bits per heavy atom. The summed E-state index contributed by atoms with van der Waals surface area (Å²) in [5.74, 6) is -0.989. The topological polar surface area (TPSA) is 75.7 Å². The van der Waals surface area contributed by atoms with Gasteiger partial charge < -0.3 is 15.0 Å². The summed E-state index contributed by atoms with van der Waals surface area (Å²) >= 11 is 0. The number of hydrogen-bond donors (Lipinski definition) is 1. The molecule has 2 rings (SSSR count). The van der Waals surface area contributed by atoms with E-state index in [1.807, 2.05) is 24.3 Å². The Labute approximate surface area is 165 Å². The van der Waals surface area contributed by atoms with Gasteiger partial charge in [-0.25, -0.2) is 4.79 Å². The van der Waals surface area contributed by atoms with E-state index >= 15 is 0 Å². The number of ether oxygens (including phenoxy) is 1. The molecule has 2 amide bonds. The Balaban J connectivity index is 2.19. The summed E-state index contributed by atoms with van der Waals surface area (Å²) in [7, 11) is 1.31. The standard InChI is InChI=1S/C22H26N2O4/c1-15(25)24(19-9-7-6-8-18(19)22(2,3)4)14-20(26)23-17-12-10-16(11-13-17)21(27)28-5/h6-13H,14H2,1-5H3,(H,23,26). The molecule has 0 fully saturated rings. The van der Waals surface area contributed by atoms with Gasteiger partial charge in [-0.05, 0) is 41.3 Å². The van der Waals surface area contributed by atoms with Crippen molar-refractivity contribution in [2.45, 2.75) is 33.1 Å². The fourth-order valence-electron chi connectivity index (χ4n) is 2.86. The van der Waals surface area contributed by atoms with Crippen LogP contribution in [0, 0.1) is 0 Å². The zero-order valence-electron chi connectivity index (χ0n) is 16.9. The molecule has 28 heavy (non-hydrogen) atoms. The molecular weight excluding hydrogens is 356 g/mol. The number of nitrogens with zero attached hydrogens (tertiary/aromatic N) is 1. The lowest BCUT2D eigenvalue weighted by atomic mass is 9.85. The van der Waals surface area contributed by atoms with E-state index in [1.165, 1.54) is 18.9 Å². The first-order chi connectivity index (χ1) is 13.1. The number of anilines is 2. The third-order valence-corrected chi connectivity index (χ3v) is 4.27. The predicted octanol–water partition coefficient (Wildman–Crippen LogP) is 3.76. The number of para-hydroxylation sites is 1. The zero-order chi connectivity index (χ0) is 20.9. The summed E-state index contributed by atoms with van der Waals surface area (Å²) in [4.78, 5) is 37.8. The first-order valence-corrected chi connectivity index (χ1v) is 8.99. The lowest BCUT2D eigenvalue weighted by molar-refractivity contribution is -0.120. The summed E-state index contributed by atoms with van der Waals surface area (Å²) in [5.41, 5.74) is 2.46. The number of benzene rings is 2. The van der Waals surface area contributed by atoms with Crippen molar-refractivity contribution in [2.24, 2.45) is 0 Å². The largest absolute Gasteiger partial charge is 0.465 e. The molecule has 0 atom stereocenters. The number of hydrogen-bond acceptors (Lipinski definition) is 4. The average Bonchev–Trinajstić information content (AvgIpc) is 2.65. The van der Waals surface area contributed by atoms with Crippen molar-refractivity contribution in [3.05, 3.63) is 59.7 Å². The maximum absolute atomic E-state index is 12.5. The van der Waals surface area contributed by atoms with Crippen molar-refractivity contribution < 1.29 is 19.1 Å². The van der Waals surface area contributed by atoms with Gasteiger partial charge in [0.25, 0.3) is 0 Å².